The summed E-state index contributed by atoms with van der Waals surface area (Å²) in [4.78, 5) is 23.6. The predicted molar refractivity (Wildman–Crippen MR) is 70.8 cm³/mol. The zero-order valence-electron chi connectivity index (χ0n) is 10.0. The summed E-state index contributed by atoms with van der Waals surface area (Å²) in [6.45, 7) is -0.0704. The standard InChI is InChI=1S/C12H13BrN2O4/c13-8-1-3-10(4-2-8)19-7-9(16)6-15-11(17)5-14-12(15)18/h1-4,9,16H,5-7H2,(H,14,18)/t9-/m1/s1. The molecule has 1 saturated heterocycles. The average molecular weight is 329 g/mol. The molecule has 7 heteroatoms. The molecule has 6 nitrogen and oxygen atoms in total. The van der Waals surface area contributed by atoms with Gasteiger partial charge in [0.25, 0.3) is 0 Å². The normalized spacial score (nSPS) is 16.4. The maximum atomic E-state index is 11.3. The number of nitrogens with zero attached hydrogens (tertiary/aromatic N) is 1. The zero-order chi connectivity index (χ0) is 13.8. The Balaban J connectivity index is 1.81. The molecule has 3 amide bonds. The number of aliphatic hydroxyl groups excluding tert-OH is 1. The Morgan fingerprint density at radius 3 is 2.63 bits per heavy atom. The van der Waals surface area contributed by atoms with Gasteiger partial charge in [-0.05, 0) is 24.3 Å². The van der Waals surface area contributed by atoms with E-state index in [1.54, 1.807) is 12.1 Å². The van der Waals surface area contributed by atoms with Gasteiger partial charge in [0.15, 0.2) is 0 Å². The first-order valence-electron chi connectivity index (χ1n) is 5.71. The summed E-state index contributed by atoms with van der Waals surface area (Å²) in [6.07, 6.45) is -0.920. The molecule has 0 aromatic heterocycles. The molecule has 1 heterocycles. The zero-order valence-corrected chi connectivity index (χ0v) is 11.6. The summed E-state index contributed by atoms with van der Waals surface area (Å²) in [5, 5.41) is 12.1. The van der Waals surface area contributed by atoms with E-state index in [2.05, 4.69) is 21.2 Å². The molecule has 0 radical (unpaired) electrons. The van der Waals surface area contributed by atoms with Crippen LogP contribution >= 0.6 is 15.9 Å². The number of aliphatic hydroxyl groups is 1. The van der Waals surface area contributed by atoms with E-state index in [1.807, 2.05) is 12.1 Å². The number of amides is 3. The van der Waals surface area contributed by atoms with Crippen LogP contribution in [0.3, 0.4) is 0 Å². The number of imide groups is 1. The number of urea groups is 1. The van der Waals surface area contributed by atoms with E-state index in [0.29, 0.717) is 5.75 Å². The number of benzene rings is 1. The number of ether oxygens (including phenoxy) is 1. The van der Waals surface area contributed by atoms with Gasteiger partial charge in [-0.2, -0.15) is 0 Å². The number of rotatable bonds is 5. The Bertz CT molecular complexity index is 461. The summed E-state index contributed by atoms with van der Waals surface area (Å²) in [6, 6.07) is 6.67. The Morgan fingerprint density at radius 1 is 1.37 bits per heavy atom. The van der Waals surface area contributed by atoms with Crippen molar-refractivity contribution in [2.24, 2.45) is 0 Å². The van der Waals surface area contributed by atoms with E-state index in [4.69, 9.17) is 4.74 Å². The van der Waals surface area contributed by atoms with Gasteiger partial charge in [-0.3, -0.25) is 9.69 Å². The predicted octanol–water partition coefficient (Wildman–Crippen LogP) is 0.741. The molecule has 0 unspecified atom stereocenters. The highest BCUT2D eigenvalue weighted by Crippen LogP contribution is 2.16. The topological polar surface area (TPSA) is 78.9 Å². The van der Waals surface area contributed by atoms with Crippen molar-refractivity contribution >= 4 is 27.9 Å². The quantitative estimate of drug-likeness (QED) is 0.781. The van der Waals surface area contributed by atoms with Crippen LogP contribution in [-0.2, 0) is 4.79 Å². The van der Waals surface area contributed by atoms with Crippen LogP contribution in [0.25, 0.3) is 0 Å². The fraction of sp³-hybridized carbons (Fsp3) is 0.333. The van der Waals surface area contributed by atoms with Crippen molar-refractivity contribution in [2.75, 3.05) is 19.7 Å². The molecular formula is C12H13BrN2O4. The van der Waals surface area contributed by atoms with Crippen LogP contribution in [-0.4, -0.2) is 47.7 Å². The molecule has 2 rings (SSSR count). The van der Waals surface area contributed by atoms with E-state index in [0.717, 1.165) is 9.37 Å². The fourth-order valence-electron chi connectivity index (χ4n) is 1.63. The lowest BCUT2D eigenvalue weighted by Crippen LogP contribution is -2.39. The van der Waals surface area contributed by atoms with Crippen LogP contribution in [0.4, 0.5) is 4.79 Å². The van der Waals surface area contributed by atoms with Crippen molar-refractivity contribution in [1.82, 2.24) is 10.2 Å². The molecule has 102 valence electrons. The van der Waals surface area contributed by atoms with Gasteiger partial charge in [-0.1, -0.05) is 15.9 Å². The van der Waals surface area contributed by atoms with Gasteiger partial charge in [-0.15, -0.1) is 0 Å². The third-order valence-corrected chi connectivity index (χ3v) is 3.12. The van der Waals surface area contributed by atoms with E-state index >= 15 is 0 Å². The highest BCUT2D eigenvalue weighted by molar-refractivity contribution is 9.10. The molecule has 0 bridgehead atoms. The minimum atomic E-state index is -0.920. The van der Waals surface area contributed by atoms with Gasteiger partial charge >= 0.3 is 6.03 Å². The minimum Gasteiger partial charge on any atom is -0.491 e. The monoisotopic (exact) mass is 328 g/mol. The Morgan fingerprint density at radius 2 is 2.05 bits per heavy atom. The molecule has 0 aliphatic carbocycles. The Kier molecular flexibility index (Phi) is 4.39. The Hall–Kier alpha value is -1.60. The molecule has 2 N–H and O–H groups in total. The SMILES string of the molecule is O=C1CNC(=O)N1C[C@@H](O)COc1ccc(Br)cc1. The number of carbonyl (C=O) groups excluding carboxylic acids is 2. The maximum Gasteiger partial charge on any atom is 0.324 e. The summed E-state index contributed by atoms with van der Waals surface area (Å²) in [5.41, 5.74) is 0. The highest BCUT2D eigenvalue weighted by atomic mass is 79.9. The van der Waals surface area contributed by atoms with Gasteiger partial charge in [0.1, 0.15) is 18.5 Å². The molecule has 1 aromatic carbocycles. The summed E-state index contributed by atoms with van der Waals surface area (Å²) >= 11 is 3.30. The fourth-order valence-corrected chi connectivity index (χ4v) is 1.89. The van der Waals surface area contributed by atoms with Gasteiger partial charge in [-0.25, -0.2) is 4.79 Å². The molecule has 0 spiro atoms. The molecule has 0 saturated carbocycles. The number of carbonyl (C=O) groups is 2. The third kappa shape index (κ3) is 3.68. The van der Waals surface area contributed by atoms with Crippen LogP contribution in [0.5, 0.6) is 5.75 Å². The lowest BCUT2D eigenvalue weighted by Gasteiger charge is -2.17. The van der Waals surface area contributed by atoms with Crippen molar-refractivity contribution in [1.29, 1.82) is 0 Å². The molecule has 1 aliphatic heterocycles. The van der Waals surface area contributed by atoms with E-state index in [-0.39, 0.29) is 25.6 Å². The van der Waals surface area contributed by atoms with Gasteiger partial charge in [0.2, 0.25) is 5.91 Å². The highest BCUT2D eigenvalue weighted by Gasteiger charge is 2.30. The number of β-amino-alcohol motifs (C(OH)–C–C–N with tert-alkyl or cyclic N) is 1. The average Bonchev–Trinajstić information content (AvgIpc) is 2.70. The molecule has 1 atom stereocenters. The van der Waals surface area contributed by atoms with Crippen molar-refractivity contribution in [3.63, 3.8) is 0 Å². The number of nitrogens with one attached hydrogen (secondary N) is 1. The van der Waals surface area contributed by atoms with Crippen molar-refractivity contribution in [2.45, 2.75) is 6.10 Å². The summed E-state index contributed by atoms with van der Waals surface area (Å²) in [5.74, 6) is 0.271. The second-order valence-corrected chi connectivity index (χ2v) is 5.00. The first-order valence-corrected chi connectivity index (χ1v) is 6.50. The molecule has 1 fully saturated rings. The second kappa shape index (κ2) is 6.03. The lowest BCUT2D eigenvalue weighted by atomic mass is 10.3. The van der Waals surface area contributed by atoms with Crippen LogP contribution < -0.4 is 10.1 Å². The molecule has 1 aliphatic rings. The number of halogens is 1. The van der Waals surface area contributed by atoms with Gasteiger partial charge < -0.3 is 15.2 Å². The first kappa shape index (κ1) is 13.8. The maximum absolute atomic E-state index is 11.3. The van der Waals surface area contributed by atoms with Crippen molar-refractivity contribution in [3.8, 4) is 5.75 Å². The number of hydrogen-bond donors (Lipinski definition) is 2. The molecular weight excluding hydrogens is 316 g/mol. The van der Waals surface area contributed by atoms with E-state index in [1.165, 1.54) is 0 Å². The third-order valence-electron chi connectivity index (χ3n) is 2.59. The summed E-state index contributed by atoms with van der Waals surface area (Å²) in [7, 11) is 0. The lowest BCUT2D eigenvalue weighted by molar-refractivity contribution is -0.126. The molecule has 19 heavy (non-hydrogen) atoms. The molecule has 1 aromatic rings. The van der Waals surface area contributed by atoms with Gasteiger partial charge in [0, 0.05) is 4.47 Å². The van der Waals surface area contributed by atoms with Crippen LogP contribution in [0.2, 0.25) is 0 Å². The van der Waals surface area contributed by atoms with E-state index < -0.39 is 12.1 Å². The van der Waals surface area contributed by atoms with E-state index in [9.17, 15) is 14.7 Å². The van der Waals surface area contributed by atoms with Crippen molar-refractivity contribution in [3.05, 3.63) is 28.7 Å². The van der Waals surface area contributed by atoms with Crippen LogP contribution in [0.15, 0.2) is 28.7 Å². The van der Waals surface area contributed by atoms with Gasteiger partial charge in [0.05, 0.1) is 13.1 Å². The summed E-state index contributed by atoms with van der Waals surface area (Å²) < 4.78 is 6.29. The van der Waals surface area contributed by atoms with Crippen molar-refractivity contribution < 1.29 is 19.4 Å². The Labute approximate surface area is 118 Å². The second-order valence-electron chi connectivity index (χ2n) is 4.08. The van der Waals surface area contributed by atoms with Crippen LogP contribution in [0.1, 0.15) is 0 Å². The number of hydrogen-bond acceptors (Lipinski definition) is 4. The smallest absolute Gasteiger partial charge is 0.324 e. The minimum absolute atomic E-state index is 0.0126. The van der Waals surface area contributed by atoms with Crippen LogP contribution in [0, 0.1) is 0 Å². The largest absolute Gasteiger partial charge is 0.491 e. The first-order chi connectivity index (χ1) is 9.06.